The fraction of sp³-hybridized carbons (Fsp3) is 0.333. The molecule has 0 aliphatic carbocycles. The van der Waals surface area contributed by atoms with Crippen LogP contribution in [0.2, 0.25) is 0 Å². The van der Waals surface area contributed by atoms with Crippen LogP contribution in [0.25, 0.3) is 0 Å². The summed E-state index contributed by atoms with van der Waals surface area (Å²) in [6.45, 7) is 4.72. The number of amides is 2. The van der Waals surface area contributed by atoms with Crippen molar-refractivity contribution >= 4 is 17.5 Å². The smallest absolute Gasteiger partial charge is 0.226 e. The number of hydrogen-bond donors (Lipinski definition) is 1. The number of nitrogens with zero attached hydrogens (tertiary/aromatic N) is 1. The van der Waals surface area contributed by atoms with Gasteiger partial charge >= 0.3 is 0 Å². The molecule has 0 radical (unpaired) electrons. The molecule has 1 N–H and O–H groups in total. The highest BCUT2D eigenvalue weighted by molar-refractivity contribution is 5.92. The minimum absolute atomic E-state index is 0.000869. The average molecular weight is 354 g/mol. The Morgan fingerprint density at radius 1 is 1.00 bits per heavy atom. The minimum Gasteiger partial charge on any atom is -0.455 e. The lowest BCUT2D eigenvalue weighted by Crippen LogP contribution is -2.32. The molecule has 0 bridgehead atoms. The monoisotopic (exact) mass is 354 g/mol. The van der Waals surface area contributed by atoms with E-state index in [1.165, 1.54) is 6.92 Å². The number of hydrogen-bond acceptors (Lipinski definition) is 3. The zero-order valence-corrected chi connectivity index (χ0v) is 15.4. The second-order valence-corrected chi connectivity index (χ2v) is 6.07. The Kier molecular flexibility index (Phi) is 7.68. The van der Waals surface area contributed by atoms with Crippen LogP contribution in [-0.2, 0) is 9.59 Å². The Hall–Kier alpha value is -2.82. The minimum atomic E-state index is -0.142. The molecule has 2 aromatic rings. The van der Waals surface area contributed by atoms with Crippen LogP contribution in [0, 0.1) is 0 Å². The predicted molar refractivity (Wildman–Crippen MR) is 103 cm³/mol. The summed E-state index contributed by atoms with van der Waals surface area (Å²) in [4.78, 5) is 25.7. The molecule has 5 nitrogen and oxygen atoms in total. The summed E-state index contributed by atoms with van der Waals surface area (Å²) in [5, 5.41) is 2.88. The van der Waals surface area contributed by atoms with Gasteiger partial charge in [0.15, 0.2) is 5.75 Å². The number of carbonyl (C=O) groups excluding carboxylic acids is 2. The Bertz CT molecular complexity index is 716. The van der Waals surface area contributed by atoms with Crippen LogP contribution in [0.5, 0.6) is 11.5 Å². The van der Waals surface area contributed by atoms with Crippen molar-refractivity contribution < 1.29 is 14.3 Å². The molecule has 5 heteroatoms. The molecule has 2 aromatic carbocycles. The molecule has 0 aromatic heterocycles. The molecule has 0 unspecified atom stereocenters. The number of ether oxygens (including phenoxy) is 1. The lowest BCUT2D eigenvalue weighted by atomic mass is 10.2. The van der Waals surface area contributed by atoms with Gasteiger partial charge in [0.1, 0.15) is 5.75 Å². The van der Waals surface area contributed by atoms with Crippen LogP contribution in [0.4, 0.5) is 5.69 Å². The van der Waals surface area contributed by atoms with Gasteiger partial charge in [-0.15, -0.1) is 0 Å². The van der Waals surface area contributed by atoms with Gasteiger partial charge in [-0.3, -0.25) is 9.59 Å². The quantitative estimate of drug-likeness (QED) is 0.723. The molecule has 26 heavy (non-hydrogen) atoms. The summed E-state index contributed by atoms with van der Waals surface area (Å²) in [7, 11) is 0. The van der Waals surface area contributed by atoms with E-state index in [0.717, 1.165) is 12.8 Å². The summed E-state index contributed by atoms with van der Waals surface area (Å²) in [6, 6.07) is 16.7. The highest BCUT2D eigenvalue weighted by Crippen LogP contribution is 2.29. The highest BCUT2D eigenvalue weighted by Gasteiger charge is 2.12. The van der Waals surface area contributed by atoms with Gasteiger partial charge in [-0.2, -0.15) is 0 Å². The van der Waals surface area contributed by atoms with Crippen molar-refractivity contribution in [1.29, 1.82) is 0 Å². The fourth-order valence-electron chi connectivity index (χ4n) is 2.50. The van der Waals surface area contributed by atoms with E-state index in [2.05, 4.69) is 12.2 Å². The maximum absolute atomic E-state index is 12.3. The molecule has 0 saturated heterocycles. The van der Waals surface area contributed by atoms with Gasteiger partial charge in [-0.05, 0) is 30.7 Å². The largest absolute Gasteiger partial charge is 0.455 e. The highest BCUT2D eigenvalue weighted by atomic mass is 16.5. The number of anilines is 1. The summed E-state index contributed by atoms with van der Waals surface area (Å²) >= 11 is 0. The predicted octanol–water partition coefficient (Wildman–Crippen LogP) is 4.46. The third kappa shape index (κ3) is 6.24. The molecule has 0 aliphatic heterocycles. The summed E-state index contributed by atoms with van der Waals surface area (Å²) < 4.78 is 5.85. The molecule has 138 valence electrons. The van der Waals surface area contributed by atoms with Gasteiger partial charge in [0.05, 0.1) is 5.69 Å². The van der Waals surface area contributed by atoms with Gasteiger partial charge < -0.3 is 15.0 Å². The lowest BCUT2D eigenvalue weighted by Gasteiger charge is -2.20. The van der Waals surface area contributed by atoms with E-state index >= 15 is 0 Å². The number of nitrogens with one attached hydrogen (secondary N) is 1. The second-order valence-electron chi connectivity index (χ2n) is 6.07. The van der Waals surface area contributed by atoms with Gasteiger partial charge in [0.25, 0.3) is 0 Å². The lowest BCUT2D eigenvalue weighted by molar-refractivity contribution is -0.129. The van der Waals surface area contributed by atoms with Gasteiger partial charge in [-0.25, -0.2) is 0 Å². The Labute approximate surface area is 155 Å². The fourth-order valence-corrected chi connectivity index (χ4v) is 2.50. The van der Waals surface area contributed by atoms with Gasteiger partial charge in [0, 0.05) is 26.4 Å². The molecule has 0 heterocycles. The molecule has 2 amide bonds. The second kappa shape index (κ2) is 10.2. The summed E-state index contributed by atoms with van der Waals surface area (Å²) in [6.07, 6.45) is 2.21. The third-order valence-electron chi connectivity index (χ3n) is 3.97. The first-order valence-electron chi connectivity index (χ1n) is 8.97. The van der Waals surface area contributed by atoms with E-state index in [1.807, 2.05) is 48.5 Å². The number of unbranched alkanes of at least 4 members (excludes halogenated alkanes) is 1. The molecular formula is C21H26N2O3. The van der Waals surface area contributed by atoms with Crippen LogP contribution < -0.4 is 10.1 Å². The first-order chi connectivity index (χ1) is 12.6. The number of rotatable bonds is 9. The molecule has 0 atom stereocenters. The first-order valence-corrected chi connectivity index (χ1v) is 8.97. The van der Waals surface area contributed by atoms with Crippen LogP contribution in [0.15, 0.2) is 54.6 Å². The third-order valence-corrected chi connectivity index (χ3v) is 3.97. The number of carbonyl (C=O) groups is 2. The van der Waals surface area contributed by atoms with Crippen molar-refractivity contribution in [3.63, 3.8) is 0 Å². The molecule has 0 saturated carbocycles. The SMILES string of the molecule is CCCCN(CCC(=O)Nc1ccccc1Oc1ccccc1)C(C)=O. The topological polar surface area (TPSA) is 58.6 Å². The Balaban J connectivity index is 1.95. The summed E-state index contributed by atoms with van der Waals surface area (Å²) in [5.41, 5.74) is 0.615. The maximum Gasteiger partial charge on any atom is 0.226 e. The van der Waals surface area contributed by atoms with Crippen LogP contribution in [0.1, 0.15) is 33.1 Å². The number of benzene rings is 2. The van der Waals surface area contributed by atoms with Crippen molar-refractivity contribution in [3.8, 4) is 11.5 Å². The Morgan fingerprint density at radius 3 is 2.38 bits per heavy atom. The van der Waals surface area contributed by atoms with E-state index in [0.29, 0.717) is 30.3 Å². The van der Waals surface area contributed by atoms with E-state index < -0.39 is 0 Å². The Morgan fingerprint density at radius 2 is 1.69 bits per heavy atom. The molecule has 0 aliphatic rings. The van der Waals surface area contributed by atoms with Crippen LogP contribution in [-0.4, -0.2) is 29.8 Å². The number of para-hydroxylation sites is 3. The average Bonchev–Trinajstić information content (AvgIpc) is 2.64. The van der Waals surface area contributed by atoms with Crippen molar-refractivity contribution in [3.05, 3.63) is 54.6 Å². The van der Waals surface area contributed by atoms with E-state index in [-0.39, 0.29) is 18.2 Å². The zero-order chi connectivity index (χ0) is 18.8. The summed E-state index contributed by atoms with van der Waals surface area (Å²) in [5.74, 6) is 1.15. The van der Waals surface area contributed by atoms with Gasteiger partial charge in [0.2, 0.25) is 11.8 Å². The molecule has 0 fully saturated rings. The van der Waals surface area contributed by atoms with E-state index in [9.17, 15) is 9.59 Å². The zero-order valence-electron chi connectivity index (χ0n) is 15.4. The molecule has 0 spiro atoms. The van der Waals surface area contributed by atoms with E-state index in [1.54, 1.807) is 11.0 Å². The maximum atomic E-state index is 12.3. The van der Waals surface area contributed by atoms with Crippen molar-refractivity contribution in [2.45, 2.75) is 33.1 Å². The molecular weight excluding hydrogens is 328 g/mol. The van der Waals surface area contributed by atoms with Crippen molar-refractivity contribution in [2.24, 2.45) is 0 Å². The first kappa shape index (κ1) is 19.5. The van der Waals surface area contributed by atoms with Gasteiger partial charge in [-0.1, -0.05) is 43.7 Å². The normalized spacial score (nSPS) is 10.2. The van der Waals surface area contributed by atoms with Crippen LogP contribution in [0.3, 0.4) is 0 Å². The van der Waals surface area contributed by atoms with E-state index in [4.69, 9.17) is 4.74 Å². The standard InChI is InChI=1S/C21H26N2O3/c1-3-4-15-23(17(2)24)16-14-21(25)22-19-12-8-9-13-20(19)26-18-10-6-5-7-11-18/h5-13H,3-4,14-16H2,1-2H3,(H,22,25). The van der Waals surface area contributed by atoms with Crippen molar-refractivity contribution in [2.75, 3.05) is 18.4 Å². The van der Waals surface area contributed by atoms with Crippen LogP contribution >= 0.6 is 0 Å². The van der Waals surface area contributed by atoms with Crippen molar-refractivity contribution in [1.82, 2.24) is 4.90 Å². The molecule has 2 rings (SSSR count).